The van der Waals surface area contributed by atoms with Crippen molar-refractivity contribution >= 4 is 35.0 Å². The number of aromatic hydroxyl groups is 1. The van der Waals surface area contributed by atoms with Gasteiger partial charge in [-0.05, 0) is 30.3 Å². The number of nitro groups is 1. The molecule has 2 N–H and O–H groups in total. The maximum atomic E-state index is 12.2. The molecule has 9 heteroatoms. The summed E-state index contributed by atoms with van der Waals surface area (Å²) in [7, 11) is 1.23. The lowest BCUT2D eigenvalue weighted by molar-refractivity contribution is -0.385. The molecule has 26 heavy (non-hydrogen) atoms. The minimum Gasteiger partial charge on any atom is -0.504 e. The van der Waals surface area contributed by atoms with Gasteiger partial charge in [-0.2, -0.15) is 5.26 Å². The second kappa shape index (κ2) is 8.00. The maximum absolute atomic E-state index is 12.2. The van der Waals surface area contributed by atoms with Gasteiger partial charge in [0.15, 0.2) is 11.5 Å². The molecule has 0 saturated carbocycles. The van der Waals surface area contributed by atoms with Crippen LogP contribution in [0.25, 0.3) is 6.08 Å². The van der Waals surface area contributed by atoms with Crippen LogP contribution in [0, 0.1) is 21.4 Å². The number of nitrogens with zero attached hydrogens (tertiary/aromatic N) is 2. The van der Waals surface area contributed by atoms with Crippen LogP contribution in [0.4, 0.5) is 11.4 Å². The number of nitrogens with one attached hydrogen (secondary N) is 1. The fourth-order valence-corrected chi connectivity index (χ4v) is 2.15. The number of amides is 1. The number of phenols is 1. The van der Waals surface area contributed by atoms with Crippen molar-refractivity contribution in [3.63, 3.8) is 0 Å². The highest BCUT2D eigenvalue weighted by molar-refractivity contribution is 6.30. The molecule has 0 heterocycles. The number of phenolic OH excluding ortho intramolecular Hbond substituents is 1. The highest BCUT2D eigenvalue weighted by atomic mass is 35.5. The first kappa shape index (κ1) is 18.8. The average Bonchev–Trinajstić information content (AvgIpc) is 2.62. The number of nitriles is 1. The van der Waals surface area contributed by atoms with Gasteiger partial charge in [-0.3, -0.25) is 14.9 Å². The Morgan fingerprint density at radius 2 is 2.04 bits per heavy atom. The van der Waals surface area contributed by atoms with Crippen molar-refractivity contribution in [3.8, 4) is 17.6 Å². The van der Waals surface area contributed by atoms with Crippen molar-refractivity contribution in [1.82, 2.24) is 0 Å². The van der Waals surface area contributed by atoms with Crippen LogP contribution in [0.5, 0.6) is 11.5 Å². The fourth-order valence-electron chi connectivity index (χ4n) is 2.02. The number of nitro benzene ring substituents is 1. The largest absolute Gasteiger partial charge is 0.504 e. The summed E-state index contributed by atoms with van der Waals surface area (Å²) in [6.45, 7) is 0. The second-order valence-electron chi connectivity index (χ2n) is 4.97. The summed E-state index contributed by atoms with van der Waals surface area (Å²) in [6, 6.07) is 9.97. The molecule has 0 fully saturated rings. The van der Waals surface area contributed by atoms with Crippen molar-refractivity contribution in [3.05, 3.63) is 62.7 Å². The summed E-state index contributed by atoms with van der Waals surface area (Å²) in [5, 5.41) is 33.3. The summed E-state index contributed by atoms with van der Waals surface area (Å²) in [5.74, 6) is -1.33. The predicted octanol–water partition coefficient (Wildman–Crippen LogP) is 3.51. The Morgan fingerprint density at radius 1 is 1.38 bits per heavy atom. The SMILES string of the molecule is COc1cc([N+](=O)[O-])cc(/C=C(/C#N)C(=O)Nc2ccc(Cl)cc2)c1O. The Hall–Kier alpha value is -3.57. The van der Waals surface area contributed by atoms with Crippen LogP contribution >= 0.6 is 11.6 Å². The molecule has 0 aliphatic rings. The average molecular weight is 374 g/mol. The molecule has 1 amide bonds. The standard InChI is InChI=1S/C17H12ClN3O5/c1-26-15-8-14(21(24)25)7-10(16(15)22)6-11(9-19)17(23)20-13-4-2-12(18)3-5-13/h2-8,22H,1H3,(H,20,23)/b11-6-. The van der Waals surface area contributed by atoms with Crippen molar-refractivity contribution < 1.29 is 19.6 Å². The number of non-ortho nitro benzene ring substituents is 1. The van der Waals surface area contributed by atoms with Gasteiger partial charge in [0.25, 0.3) is 11.6 Å². The molecule has 0 spiro atoms. The Kier molecular flexibility index (Phi) is 5.78. The molecule has 0 unspecified atom stereocenters. The third-order valence-corrected chi connectivity index (χ3v) is 3.54. The van der Waals surface area contributed by atoms with E-state index in [0.29, 0.717) is 10.7 Å². The minimum absolute atomic E-state index is 0.0983. The van der Waals surface area contributed by atoms with Crippen LogP contribution in [-0.2, 0) is 4.79 Å². The van der Waals surface area contributed by atoms with Gasteiger partial charge in [0.1, 0.15) is 11.6 Å². The zero-order chi connectivity index (χ0) is 19.3. The van der Waals surface area contributed by atoms with E-state index in [-0.39, 0.29) is 22.6 Å². The lowest BCUT2D eigenvalue weighted by atomic mass is 10.1. The lowest BCUT2D eigenvalue weighted by Crippen LogP contribution is -2.13. The van der Waals surface area contributed by atoms with Crippen LogP contribution in [0.1, 0.15) is 5.56 Å². The van der Waals surface area contributed by atoms with Crippen LogP contribution in [0.3, 0.4) is 0 Å². The molecule has 2 aromatic carbocycles. The summed E-state index contributed by atoms with van der Waals surface area (Å²) in [5.41, 5.74) is -0.417. The molecule has 2 rings (SSSR count). The van der Waals surface area contributed by atoms with E-state index in [9.17, 15) is 25.3 Å². The molecule has 0 atom stereocenters. The smallest absolute Gasteiger partial charge is 0.274 e. The summed E-state index contributed by atoms with van der Waals surface area (Å²) >= 11 is 5.76. The number of halogens is 1. The quantitative estimate of drug-likeness (QED) is 0.357. The Bertz CT molecular complexity index is 933. The first-order valence-corrected chi connectivity index (χ1v) is 7.47. The van der Waals surface area contributed by atoms with E-state index in [1.54, 1.807) is 30.3 Å². The number of rotatable bonds is 5. The highest BCUT2D eigenvalue weighted by Gasteiger charge is 2.18. The van der Waals surface area contributed by atoms with Crippen molar-refractivity contribution in [2.45, 2.75) is 0 Å². The van der Waals surface area contributed by atoms with Crippen molar-refractivity contribution in [2.75, 3.05) is 12.4 Å². The van der Waals surface area contributed by atoms with E-state index < -0.39 is 16.6 Å². The van der Waals surface area contributed by atoms with E-state index in [1.807, 2.05) is 0 Å². The number of methoxy groups -OCH3 is 1. The predicted molar refractivity (Wildman–Crippen MR) is 95.0 cm³/mol. The van der Waals surface area contributed by atoms with Crippen LogP contribution in [0.15, 0.2) is 42.0 Å². The third-order valence-electron chi connectivity index (χ3n) is 3.29. The van der Waals surface area contributed by atoms with Gasteiger partial charge >= 0.3 is 0 Å². The topological polar surface area (TPSA) is 125 Å². The number of hydrogen-bond acceptors (Lipinski definition) is 6. The number of benzene rings is 2. The number of anilines is 1. The van der Waals surface area contributed by atoms with Gasteiger partial charge < -0.3 is 15.2 Å². The Balaban J connectivity index is 2.40. The minimum atomic E-state index is -0.750. The van der Waals surface area contributed by atoms with E-state index in [0.717, 1.165) is 18.2 Å². The van der Waals surface area contributed by atoms with Gasteiger partial charge in [-0.15, -0.1) is 0 Å². The molecule has 8 nitrogen and oxygen atoms in total. The van der Waals surface area contributed by atoms with E-state index in [2.05, 4.69) is 5.32 Å². The van der Waals surface area contributed by atoms with Gasteiger partial charge in [0, 0.05) is 22.3 Å². The Morgan fingerprint density at radius 3 is 2.58 bits per heavy atom. The monoisotopic (exact) mass is 373 g/mol. The Labute approximate surface area is 153 Å². The summed E-state index contributed by atoms with van der Waals surface area (Å²) < 4.78 is 4.88. The zero-order valence-corrected chi connectivity index (χ0v) is 14.1. The molecule has 2 aromatic rings. The van der Waals surface area contributed by atoms with Crippen molar-refractivity contribution in [2.24, 2.45) is 0 Å². The third kappa shape index (κ3) is 4.28. The van der Waals surface area contributed by atoms with E-state index >= 15 is 0 Å². The molecule has 0 radical (unpaired) electrons. The molecule has 0 saturated heterocycles. The molecular formula is C17H12ClN3O5. The van der Waals surface area contributed by atoms with Gasteiger partial charge in [0.2, 0.25) is 0 Å². The first-order chi connectivity index (χ1) is 12.3. The van der Waals surface area contributed by atoms with Crippen LogP contribution in [0.2, 0.25) is 5.02 Å². The molecule has 0 bridgehead atoms. The van der Waals surface area contributed by atoms with Crippen LogP contribution < -0.4 is 10.1 Å². The highest BCUT2D eigenvalue weighted by Crippen LogP contribution is 2.35. The van der Waals surface area contributed by atoms with E-state index in [1.165, 1.54) is 7.11 Å². The van der Waals surface area contributed by atoms with Crippen LogP contribution in [-0.4, -0.2) is 23.0 Å². The van der Waals surface area contributed by atoms with E-state index in [4.69, 9.17) is 16.3 Å². The zero-order valence-electron chi connectivity index (χ0n) is 13.4. The molecule has 0 aromatic heterocycles. The normalized spacial score (nSPS) is 10.7. The molecule has 0 aliphatic carbocycles. The second-order valence-corrected chi connectivity index (χ2v) is 5.41. The number of carbonyl (C=O) groups excluding carboxylic acids is 1. The summed E-state index contributed by atoms with van der Waals surface area (Å²) in [4.78, 5) is 22.5. The number of ether oxygens (including phenoxy) is 1. The lowest BCUT2D eigenvalue weighted by Gasteiger charge is -2.07. The van der Waals surface area contributed by atoms with Gasteiger partial charge in [-0.25, -0.2) is 0 Å². The van der Waals surface area contributed by atoms with Crippen molar-refractivity contribution in [1.29, 1.82) is 5.26 Å². The first-order valence-electron chi connectivity index (χ1n) is 7.09. The maximum Gasteiger partial charge on any atom is 0.274 e. The molecular weight excluding hydrogens is 362 g/mol. The molecule has 0 aliphatic heterocycles. The number of carbonyl (C=O) groups is 1. The fraction of sp³-hybridized carbons (Fsp3) is 0.0588. The summed E-state index contributed by atoms with van der Waals surface area (Å²) in [6.07, 6.45) is 1.04. The number of hydrogen-bond donors (Lipinski definition) is 2. The van der Waals surface area contributed by atoms with Gasteiger partial charge in [-0.1, -0.05) is 11.6 Å². The molecule has 132 valence electrons. The van der Waals surface area contributed by atoms with Gasteiger partial charge in [0.05, 0.1) is 18.1 Å².